The second kappa shape index (κ2) is 6.33. The van der Waals surface area contributed by atoms with Crippen LogP contribution >= 0.6 is 11.6 Å². The van der Waals surface area contributed by atoms with Crippen molar-refractivity contribution >= 4 is 27.4 Å². The number of halogens is 2. The van der Waals surface area contributed by atoms with Crippen LogP contribution in [0.15, 0.2) is 35.4 Å². The summed E-state index contributed by atoms with van der Waals surface area (Å²) in [6.45, 7) is 0.240. The van der Waals surface area contributed by atoms with Crippen molar-refractivity contribution < 1.29 is 12.8 Å². The van der Waals surface area contributed by atoms with E-state index in [1.54, 1.807) is 7.05 Å². The van der Waals surface area contributed by atoms with Crippen molar-refractivity contribution in [3.05, 3.63) is 46.9 Å². The molecule has 0 fully saturated rings. The Bertz CT molecular complexity index is 740. The lowest BCUT2D eigenvalue weighted by Gasteiger charge is -2.10. The molecular weight excluding hydrogens is 319 g/mol. The highest BCUT2D eigenvalue weighted by molar-refractivity contribution is 7.92. The van der Waals surface area contributed by atoms with Crippen LogP contribution in [0.3, 0.4) is 0 Å². The SMILES string of the molecule is CNCc1cc(S(=O)(=O)Nc2cccnn2)cc(F)c1Cl. The molecule has 6 nitrogen and oxygen atoms in total. The van der Waals surface area contributed by atoms with Gasteiger partial charge in [-0.05, 0) is 36.9 Å². The summed E-state index contributed by atoms with van der Waals surface area (Å²) in [4.78, 5) is -0.236. The minimum atomic E-state index is -3.97. The maximum Gasteiger partial charge on any atom is 0.263 e. The monoisotopic (exact) mass is 330 g/mol. The van der Waals surface area contributed by atoms with Gasteiger partial charge in [0.05, 0.1) is 9.92 Å². The van der Waals surface area contributed by atoms with Crippen molar-refractivity contribution in [3.63, 3.8) is 0 Å². The van der Waals surface area contributed by atoms with Crippen molar-refractivity contribution in [3.8, 4) is 0 Å². The van der Waals surface area contributed by atoms with Gasteiger partial charge in [-0.15, -0.1) is 5.10 Å². The highest BCUT2D eigenvalue weighted by Gasteiger charge is 2.19. The standard InChI is InChI=1S/C12H12ClFN4O2S/c1-15-7-8-5-9(6-10(14)12(8)13)21(19,20)18-11-3-2-4-16-17-11/h2-6,15H,7H2,1H3,(H,17,18). The summed E-state index contributed by atoms with van der Waals surface area (Å²) in [5.41, 5.74) is 0.346. The average molecular weight is 331 g/mol. The maximum atomic E-state index is 13.8. The Hall–Kier alpha value is -1.77. The minimum absolute atomic E-state index is 0.0445. The largest absolute Gasteiger partial charge is 0.316 e. The first-order valence-corrected chi connectivity index (χ1v) is 7.73. The number of rotatable bonds is 5. The van der Waals surface area contributed by atoms with Crippen LogP contribution in [0.2, 0.25) is 5.02 Å². The highest BCUT2D eigenvalue weighted by atomic mass is 35.5. The first kappa shape index (κ1) is 15.6. The van der Waals surface area contributed by atoms with Crippen molar-refractivity contribution in [1.29, 1.82) is 0 Å². The van der Waals surface area contributed by atoms with Gasteiger partial charge in [0.15, 0.2) is 5.82 Å². The average Bonchev–Trinajstić information content (AvgIpc) is 2.44. The summed E-state index contributed by atoms with van der Waals surface area (Å²) >= 11 is 5.80. The fourth-order valence-electron chi connectivity index (χ4n) is 1.65. The molecule has 0 unspecified atom stereocenters. The molecule has 9 heteroatoms. The normalized spacial score (nSPS) is 11.4. The number of hydrogen-bond acceptors (Lipinski definition) is 5. The molecule has 1 aromatic heterocycles. The van der Waals surface area contributed by atoms with Crippen LogP contribution in [0, 0.1) is 5.82 Å². The van der Waals surface area contributed by atoms with E-state index in [2.05, 4.69) is 20.2 Å². The molecule has 1 heterocycles. The number of sulfonamides is 1. The molecule has 21 heavy (non-hydrogen) atoms. The molecule has 0 saturated heterocycles. The number of benzene rings is 1. The van der Waals surface area contributed by atoms with Gasteiger partial charge in [0.2, 0.25) is 0 Å². The number of nitrogens with one attached hydrogen (secondary N) is 2. The van der Waals surface area contributed by atoms with Gasteiger partial charge in [-0.1, -0.05) is 11.6 Å². The van der Waals surface area contributed by atoms with Crippen molar-refractivity contribution in [2.24, 2.45) is 0 Å². The zero-order chi connectivity index (χ0) is 15.5. The van der Waals surface area contributed by atoms with Crippen LogP contribution in [-0.2, 0) is 16.6 Å². The summed E-state index contributed by atoms with van der Waals surface area (Å²) in [6, 6.07) is 5.13. The summed E-state index contributed by atoms with van der Waals surface area (Å²) < 4.78 is 40.4. The predicted octanol–water partition coefficient (Wildman–Crippen LogP) is 1.79. The van der Waals surface area contributed by atoms with Crippen LogP contribution in [0.1, 0.15) is 5.56 Å². The van der Waals surface area contributed by atoms with E-state index in [1.807, 2.05) is 0 Å². The number of hydrogen-bond donors (Lipinski definition) is 2. The Balaban J connectivity index is 2.40. The van der Waals surface area contributed by atoms with Gasteiger partial charge in [-0.3, -0.25) is 4.72 Å². The van der Waals surface area contributed by atoms with E-state index in [4.69, 9.17) is 11.6 Å². The molecule has 0 bridgehead atoms. The van der Waals surface area contributed by atoms with E-state index in [9.17, 15) is 12.8 Å². The Kier molecular flexibility index (Phi) is 4.71. The molecule has 112 valence electrons. The van der Waals surface area contributed by atoms with E-state index in [-0.39, 0.29) is 22.3 Å². The molecule has 0 aliphatic carbocycles. The molecule has 1 aromatic carbocycles. The maximum absolute atomic E-state index is 13.8. The third-order valence-electron chi connectivity index (χ3n) is 2.57. The molecule has 2 N–H and O–H groups in total. The second-order valence-electron chi connectivity index (χ2n) is 4.12. The third kappa shape index (κ3) is 3.66. The number of nitrogens with zero attached hydrogens (tertiary/aromatic N) is 2. The van der Waals surface area contributed by atoms with Crippen molar-refractivity contribution in [1.82, 2.24) is 15.5 Å². The molecule has 0 saturated carbocycles. The van der Waals surface area contributed by atoms with Crippen LogP contribution in [-0.4, -0.2) is 25.7 Å². The van der Waals surface area contributed by atoms with Gasteiger partial charge in [0.1, 0.15) is 5.82 Å². The molecular formula is C12H12ClFN4O2S. The van der Waals surface area contributed by atoms with E-state index in [1.165, 1.54) is 24.4 Å². The first-order valence-electron chi connectivity index (χ1n) is 5.87. The zero-order valence-electron chi connectivity index (χ0n) is 11.0. The topological polar surface area (TPSA) is 84.0 Å². The smallest absolute Gasteiger partial charge is 0.263 e. The molecule has 0 aliphatic rings. The molecule has 0 aliphatic heterocycles. The van der Waals surface area contributed by atoms with Crippen molar-refractivity contribution in [2.75, 3.05) is 11.8 Å². The Morgan fingerprint density at radius 2 is 2.14 bits per heavy atom. The highest BCUT2D eigenvalue weighted by Crippen LogP contribution is 2.25. The first-order chi connectivity index (χ1) is 9.94. The summed E-state index contributed by atoms with van der Waals surface area (Å²) in [5, 5.41) is 9.86. The fraction of sp³-hybridized carbons (Fsp3) is 0.167. The third-order valence-corrected chi connectivity index (χ3v) is 4.32. The molecule has 0 spiro atoms. The molecule has 2 aromatic rings. The zero-order valence-corrected chi connectivity index (χ0v) is 12.5. The Morgan fingerprint density at radius 1 is 1.38 bits per heavy atom. The van der Waals surface area contributed by atoms with Crippen molar-refractivity contribution in [2.45, 2.75) is 11.4 Å². The van der Waals surface area contributed by atoms with E-state index in [0.29, 0.717) is 5.56 Å². The van der Waals surface area contributed by atoms with Gasteiger partial charge < -0.3 is 5.32 Å². The predicted molar refractivity (Wildman–Crippen MR) is 77.0 cm³/mol. The Labute approximate surface area is 126 Å². The van der Waals surface area contributed by atoms with Gasteiger partial charge >= 0.3 is 0 Å². The second-order valence-corrected chi connectivity index (χ2v) is 6.18. The number of anilines is 1. The van der Waals surface area contributed by atoms with Gasteiger partial charge in [0.25, 0.3) is 10.0 Å². The van der Waals surface area contributed by atoms with Gasteiger partial charge in [0, 0.05) is 12.7 Å². The quantitative estimate of drug-likeness (QED) is 0.873. The van der Waals surface area contributed by atoms with E-state index >= 15 is 0 Å². The molecule has 0 amide bonds. The molecule has 0 atom stereocenters. The summed E-state index contributed by atoms with van der Waals surface area (Å²) in [6.07, 6.45) is 1.41. The lowest BCUT2D eigenvalue weighted by atomic mass is 10.2. The molecule has 0 radical (unpaired) electrons. The van der Waals surface area contributed by atoms with E-state index in [0.717, 1.165) is 6.07 Å². The summed E-state index contributed by atoms with van der Waals surface area (Å²) in [7, 11) is -2.33. The minimum Gasteiger partial charge on any atom is -0.316 e. The van der Waals surface area contributed by atoms with Gasteiger partial charge in [-0.2, -0.15) is 5.10 Å². The lowest BCUT2D eigenvalue weighted by molar-refractivity contribution is 0.593. The fourth-order valence-corrected chi connectivity index (χ4v) is 2.88. The van der Waals surface area contributed by atoms with Crippen LogP contribution in [0.5, 0.6) is 0 Å². The summed E-state index contributed by atoms with van der Waals surface area (Å²) in [5.74, 6) is -0.757. The van der Waals surface area contributed by atoms with Crippen LogP contribution < -0.4 is 10.0 Å². The van der Waals surface area contributed by atoms with Crippen LogP contribution in [0.4, 0.5) is 10.2 Å². The lowest BCUT2D eigenvalue weighted by Crippen LogP contribution is -2.16. The van der Waals surface area contributed by atoms with Gasteiger partial charge in [-0.25, -0.2) is 12.8 Å². The van der Waals surface area contributed by atoms with E-state index < -0.39 is 15.8 Å². The molecule has 2 rings (SSSR count). The van der Waals surface area contributed by atoms with Crippen LogP contribution in [0.25, 0.3) is 0 Å². The Morgan fingerprint density at radius 3 is 2.76 bits per heavy atom. The number of aromatic nitrogens is 2.